The van der Waals surface area contributed by atoms with Gasteiger partial charge in [0.05, 0.1) is 17.3 Å². The molecule has 0 aliphatic carbocycles. The number of esters is 1. The summed E-state index contributed by atoms with van der Waals surface area (Å²) in [6.07, 6.45) is 1.88. The van der Waals surface area contributed by atoms with Crippen LogP contribution in [0.2, 0.25) is 0 Å². The molecule has 0 radical (unpaired) electrons. The van der Waals surface area contributed by atoms with Crippen LogP contribution in [-0.4, -0.2) is 17.6 Å². The van der Waals surface area contributed by atoms with Crippen LogP contribution in [0.5, 0.6) is 5.75 Å². The standard InChI is InChI=1S/C16H18BrNO3S/c1-2-15-18-13(11-22-15)10-21-16(19)7-4-8-20-14-6-3-5-12(17)9-14/h3,5-6,9,11H,2,4,7-8,10H2,1H3. The summed E-state index contributed by atoms with van der Waals surface area (Å²) in [5, 5.41) is 3.00. The smallest absolute Gasteiger partial charge is 0.306 e. The maximum absolute atomic E-state index is 11.6. The highest BCUT2D eigenvalue weighted by molar-refractivity contribution is 9.10. The molecule has 1 heterocycles. The van der Waals surface area contributed by atoms with Gasteiger partial charge in [-0.25, -0.2) is 4.98 Å². The van der Waals surface area contributed by atoms with Crippen LogP contribution in [0.15, 0.2) is 34.1 Å². The molecule has 118 valence electrons. The summed E-state index contributed by atoms with van der Waals surface area (Å²) in [6.45, 7) is 2.80. The van der Waals surface area contributed by atoms with E-state index in [1.54, 1.807) is 11.3 Å². The summed E-state index contributed by atoms with van der Waals surface area (Å²) >= 11 is 4.98. The van der Waals surface area contributed by atoms with E-state index in [2.05, 4.69) is 27.8 Å². The van der Waals surface area contributed by atoms with E-state index in [9.17, 15) is 4.79 Å². The van der Waals surface area contributed by atoms with Crippen molar-refractivity contribution in [1.29, 1.82) is 0 Å². The highest BCUT2D eigenvalue weighted by Gasteiger charge is 2.06. The number of thiazole rings is 1. The zero-order valence-electron chi connectivity index (χ0n) is 12.4. The minimum atomic E-state index is -0.219. The highest BCUT2D eigenvalue weighted by atomic mass is 79.9. The maximum atomic E-state index is 11.6. The van der Waals surface area contributed by atoms with Gasteiger partial charge in [-0.15, -0.1) is 11.3 Å². The van der Waals surface area contributed by atoms with Crippen LogP contribution >= 0.6 is 27.3 Å². The number of aromatic nitrogens is 1. The van der Waals surface area contributed by atoms with Crippen molar-refractivity contribution in [3.63, 3.8) is 0 Å². The number of hydrogen-bond donors (Lipinski definition) is 0. The second-order valence-corrected chi connectivity index (χ2v) is 6.51. The summed E-state index contributed by atoms with van der Waals surface area (Å²) in [5.41, 5.74) is 0.820. The van der Waals surface area contributed by atoms with Crippen molar-refractivity contribution in [3.05, 3.63) is 44.8 Å². The van der Waals surface area contributed by atoms with Crippen LogP contribution in [0.1, 0.15) is 30.5 Å². The van der Waals surface area contributed by atoms with Crippen LogP contribution < -0.4 is 4.74 Å². The first-order valence-electron chi connectivity index (χ1n) is 7.14. The highest BCUT2D eigenvalue weighted by Crippen LogP contribution is 2.18. The summed E-state index contributed by atoms with van der Waals surface area (Å²) in [6, 6.07) is 7.63. The molecule has 0 amide bonds. The Bertz CT molecular complexity index is 615. The molecule has 2 rings (SSSR count). The fourth-order valence-corrected chi connectivity index (χ4v) is 2.88. The van der Waals surface area contributed by atoms with Gasteiger partial charge in [-0.05, 0) is 31.0 Å². The van der Waals surface area contributed by atoms with Gasteiger partial charge in [0, 0.05) is 16.3 Å². The number of hydrogen-bond acceptors (Lipinski definition) is 5. The molecule has 0 N–H and O–H groups in total. The molecule has 1 aromatic carbocycles. The second-order valence-electron chi connectivity index (χ2n) is 4.66. The predicted molar refractivity (Wildman–Crippen MR) is 90.2 cm³/mol. The molecule has 0 bridgehead atoms. The van der Waals surface area contributed by atoms with Gasteiger partial charge < -0.3 is 9.47 Å². The van der Waals surface area contributed by atoms with Crippen molar-refractivity contribution in [2.45, 2.75) is 32.8 Å². The normalized spacial score (nSPS) is 10.5. The largest absolute Gasteiger partial charge is 0.494 e. The molecule has 0 fully saturated rings. The molecule has 22 heavy (non-hydrogen) atoms. The minimum Gasteiger partial charge on any atom is -0.494 e. The first-order chi connectivity index (χ1) is 10.7. The van der Waals surface area contributed by atoms with E-state index in [0.717, 1.165) is 27.3 Å². The SMILES string of the molecule is CCc1nc(COC(=O)CCCOc2cccc(Br)c2)cs1. The van der Waals surface area contributed by atoms with E-state index in [1.165, 1.54) is 0 Å². The molecule has 2 aromatic rings. The zero-order chi connectivity index (χ0) is 15.8. The molecule has 4 nitrogen and oxygen atoms in total. The number of aryl methyl sites for hydroxylation is 1. The van der Waals surface area contributed by atoms with E-state index in [-0.39, 0.29) is 12.6 Å². The number of halogens is 1. The number of ether oxygens (including phenoxy) is 2. The monoisotopic (exact) mass is 383 g/mol. The second kappa shape index (κ2) is 8.90. The van der Waals surface area contributed by atoms with Crippen LogP contribution in [0, 0.1) is 0 Å². The summed E-state index contributed by atoms with van der Waals surface area (Å²) in [4.78, 5) is 16.0. The van der Waals surface area contributed by atoms with Crippen molar-refractivity contribution < 1.29 is 14.3 Å². The molecule has 0 aliphatic rings. The molecule has 0 saturated heterocycles. The van der Waals surface area contributed by atoms with Crippen molar-refractivity contribution in [1.82, 2.24) is 4.98 Å². The summed E-state index contributed by atoms with van der Waals surface area (Å²) < 4.78 is 11.7. The topological polar surface area (TPSA) is 48.4 Å². The van der Waals surface area contributed by atoms with Crippen molar-refractivity contribution in [2.75, 3.05) is 6.61 Å². The molecule has 0 aliphatic heterocycles. The molecule has 6 heteroatoms. The minimum absolute atomic E-state index is 0.219. The van der Waals surface area contributed by atoms with Crippen LogP contribution in [-0.2, 0) is 22.6 Å². The van der Waals surface area contributed by atoms with Gasteiger partial charge in [-0.2, -0.15) is 0 Å². The third kappa shape index (κ3) is 5.77. The van der Waals surface area contributed by atoms with E-state index >= 15 is 0 Å². The average molecular weight is 384 g/mol. The molecule has 0 saturated carbocycles. The lowest BCUT2D eigenvalue weighted by Crippen LogP contribution is -2.07. The van der Waals surface area contributed by atoms with Gasteiger partial charge >= 0.3 is 5.97 Å². The van der Waals surface area contributed by atoms with Gasteiger partial charge in [0.25, 0.3) is 0 Å². The molecule has 0 spiro atoms. The van der Waals surface area contributed by atoms with Crippen molar-refractivity contribution >= 4 is 33.2 Å². The van der Waals surface area contributed by atoms with E-state index in [1.807, 2.05) is 29.6 Å². The first-order valence-corrected chi connectivity index (χ1v) is 8.82. The molecule has 0 unspecified atom stereocenters. The number of rotatable bonds is 8. The number of carbonyl (C=O) groups is 1. The van der Waals surface area contributed by atoms with Gasteiger partial charge in [0.2, 0.25) is 0 Å². The van der Waals surface area contributed by atoms with Gasteiger partial charge in [-0.1, -0.05) is 28.9 Å². The first kappa shape index (κ1) is 17.0. The molecule has 0 atom stereocenters. The molecular weight excluding hydrogens is 366 g/mol. The Kier molecular flexibility index (Phi) is 6.86. The van der Waals surface area contributed by atoms with Crippen molar-refractivity contribution in [3.8, 4) is 5.75 Å². The number of benzene rings is 1. The van der Waals surface area contributed by atoms with E-state index in [4.69, 9.17) is 9.47 Å². The summed E-state index contributed by atoms with van der Waals surface area (Å²) in [7, 11) is 0. The quantitative estimate of drug-likeness (QED) is 0.501. The maximum Gasteiger partial charge on any atom is 0.306 e. The van der Waals surface area contributed by atoms with Crippen LogP contribution in [0.3, 0.4) is 0 Å². The van der Waals surface area contributed by atoms with E-state index in [0.29, 0.717) is 19.4 Å². The Morgan fingerprint density at radius 1 is 1.41 bits per heavy atom. The number of carbonyl (C=O) groups excluding carboxylic acids is 1. The average Bonchev–Trinajstić information content (AvgIpc) is 2.98. The number of nitrogens with zero attached hydrogens (tertiary/aromatic N) is 1. The Morgan fingerprint density at radius 3 is 3.00 bits per heavy atom. The lowest BCUT2D eigenvalue weighted by Gasteiger charge is -2.06. The lowest BCUT2D eigenvalue weighted by molar-refractivity contribution is -0.145. The summed E-state index contributed by atoms with van der Waals surface area (Å²) in [5.74, 6) is 0.571. The van der Waals surface area contributed by atoms with Gasteiger partial charge in [-0.3, -0.25) is 4.79 Å². The van der Waals surface area contributed by atoms with Crippen LogP contribution in [0.25, 0.3) is 0 Å². The Hall–Kier alpha value is -1.40. The van der Waals surface area contributed by atoms with E-state index < -0.39 is 0 Å². The zero-order valence-corrected chi connectivity index (χ0v) is 14.8. The van der Waals surface area contributed by atoms with Gasteiger partial charge in [0.1, 0.15) is 12.4 Å². The Labute approximate surface area is 142 Å². The molecular formula is C16H18BrNO3S. The lowest BCUT2D eigenvalue weighted by atomic mass is 10.3. The Morgan fingerprint density at radius 2 is 2.27 bits per heavy atom. The predicted octanol–water partition coefficient (Wildman–Crippen LogP) is 4.37. The van der Waals surface area contributed by atoms with Crippen LogP contribution in [0.4, 0.5) is 0 Å². The third-order valence-corrected chi connectivity index (χ3v) is 4.41. The molecule has 1 aromatic heterocycles. The fraction of sp³-hybridized carbons (Fsp3) is 0.375. The fourth-order valence-electron chi connectivity index (χ4n) is 1.77. The van der Waals surface area contributed by atoms with Crippen molar-refractivity contribution in [2.24, 2.45) is 0 Å². The Balaban J connectivity index is 1.61. The van der Waals surface area contributed by atoms with Gasteiger partial charge in [0.15, 0.2) is 0 Å². The third-order valence-electron chi connectivity index (χ3n) is 2.87.